The zero-order valence-electron chi connectivity index (χ0n) is 9.94. The first kappa shape index (κ1) is 13.1. The average molecular weight is 356 g/mol. The fourth-order valence-corrected chi connectivity index (χ4v) is 2.21. The van der Waals surface area contributed by atoms with E-state index in [2.05, 4.69) is 38.6 Å². The molecule has 0 saturated carbocycles. The van der Waals surface area contributed by atoms with Crippen molar-refractivity contribution in [1.82, 2.24) is 9.97 Å². The molecule has 0 fully saturated rings. The molecule has 0 aliphatic heterocycles. The van der Waals surface area contributed by atoms with Gasteiger partial charge >= 0.3 is 5.97 Å². The van der Waals surface area contributed by atoms with E-state index in [1.54, 1.807) is 6.92 Å². The molecule has 0 unspecified atom stereocenters. The third-order valence-electron chi connectivity index (χ3n) is 2.38. The van der Waals surface area contributed by atoms with E-state index in [0.29, 0.717) is 18.7 Å². The quantitative estimate of drug-likeness (QED) is 0.677. The number of H-pyrrole nitrogens is 1. The Morgan fingerprint density at radius 3 is 3.06 bits per heavy atom. The molecular weight excluding hydrogens is 343 g/mol. The van der Waals surface area contributed by atoms with Gasteiger partial charge in [0.05, 0.1) is 12.8 Å². The molecule has 4 nitrogen and oxygen atoms in total. The van der Waals surface area contributed by atoms with Crippen molar-refractivity contribution in [3.05, 3.63) is 51.1 Å². The molecule has 1 aromatic carbocycles. The minimum atomic E-state index is -0.362. The molecule has 1 aromatic heterocycles. The standard InChI is InChI=1S/C13H13IN2O2/c1-2-18-13(17)11-8-15-12(16-11)7-9-4-3-5-10(14)6-9/h3-6,8H,2,7H2,1H3,(H,15,16). The zero-order valence-corrected chi connectivity index (χ0v) is 12.1. The number of carbonyl (C=O) groups excluding carboxylic acids is 1. The third-order valence-corrected chi connectivity index (χ3v) is 3.06. The van der Waals surface area contributed by atoms with Gasteiger partial charge in [-0.3, -0.25) is 0 Å². The van der Waals surface area contributed by atoms with Crippen LogP contribution in [0.15, 0.2) is 30.5 Å². The van der Waals surface area contributed by atoms with Gasteiger partial charge in [0.2, 0.25) is 0 Å². The average Bonchev–Trinajstić information content (AvgIpc) is 2.78. The molecular formula is C13H13IN2O2. The minimum Gasteiger partial charge on any atom is -0.461 e. The molecule has 94 valence electrons. The van der Waals surface area contributed by atoms with E-state index in [4.69, 9.17) is 4.74 Å². The highest BCUT2D eigenvalue weighted by molar-refractivity contribution is 14.1. The number of halogens is 1. The lowest BCUT2D eigenvalue weighted by Crippen LogP contribution is -2.05. The number of benzene rings is 1. The van der Waals surface area contributed by atoms with Crippen LogP contribution in [0.2, 0.25) is 0 Å². The SMILES string of the molecule is CCOC(=O)c1cnc(Cc2cccc(I)c2)[nH]1. The van der Waals surface area contributed by atoms with Gasteiger partial charge in [-0.25, -0.2) is 9.78 Å². The van der Waals surface area contributed by atoms with Crippen molar-refractivity contribution in [2.24, 2.45) is 0 Å². The second-order valence-corrected chi connectivity index (χ2v) is 5.02. The first-order valence-electron chi connectivity index (χ1n) is 5.64. The van der Waals surface area contributed by atoms with E-state index in [0.717, 1.165) is 11.4 Å². The summed E-state index contributed by atoms with van der Waals surface area (Å²) < 4.78 is 6.08. The number of nitrogens with one attached hydrogen (secondary N) is 1. The highest BCUT2D eigenvalue weighted by atomic mass is 127. The summed E-state index contributed by atoms with van der Waals surface area (Å²) in [6.45, 7) is 2.14. The molecule has 5 heteroatoms. The summed E-state index contributed by atoms with van der Waals surface area (Å²) in [5.74, 6) is 0.402. The Morgan fingerprint density at radius 1 is 1.50 bits per heavy atom. The number of rotatable bonds is 4. The van der Waals surface area contributed by atoms with Gasteiger partial charge in [0.25, 0.3) is 0 Å². The van der Waals surface area contributed by atoms with Crippen molar-refractivity contribution in [2.45, 2.75) is 13.3 Å². The van der Waals surface area contributed by atoms with Crippen LogP contribution in [0.3, 0.4) is 0 Å². The van der Waals surface area contributed by atoms with E-state index in [9.17, 15) is 4.79 Å². The Labute approximate surface area is 119 Å². The number of hydrogen-bond acceptors (Lipinski definition) is 3. The first-order valence-corrected chi connectivity index (χ1v) is 6.72. The fourth-order valence-electron chi connectivity index (χ4n) is 1.61. The zero-order chi connectivity index (χ0) is 13.0. The maximum atomic E-state index is 11.5. The monoisotopic (exact) mass is 356 g/mol. The van der Waals surface area contributed by atoms with Crippen LogP contribution >= 0.6 is 22.6 Å². The molecule has 0 bridgehead atoms. The number of aromatic nitrogens is 2. The normalized spacial score (nSPS) is 10.3. The van der Waals surface area contributed by atoms with Crippen LogP contribution in [-0.2, 0) is 11.2 Å². The van der Waals surface area contributed by atoms with Gasteiger partial charge < -0.3 is 9.72 Å². The highest BCUT2D eigenvalue weighted by Gasteiger charge is 2.10. The van der Waals surface area contributed by atoms with E-state index in [1.807, 2.05) is 18.2 Å². The van der Waals surface area contributed by atoms with Crippen molar-refractivity contribution in [3.8, 4) is 0 Å². The molecule has 1 N–H and O–H groups in total. The summed E-state index contributed by atoms with van der Waals surface area (Å²) in [5, 5.41) is 0. The molecule has 0 aliphatic carbocycles. The van der Waals surface area contributed by atoms with Crippen LogP contribution in [0.5, 0.6) is 0 Å². The Bertz CT molecular complexity index is 551. The van der Waals surface area contributed by atoms with Gasteiger partial charge in [-0.05, 0) is 47.2 Å². The van der Waals surface area contributed by atoms with Gasteiger partial charge in [0, 0.05) is 9.99 Å². The summed E-state index contributed by atoms with van der Waals surface area (Å²) in [6.07, 6.45) is 2.19. The van der Waals surface area contributed by atoms with Crippen molar-refractivity contribution in [2.75, 3.05) is 6.61 Å². The largest absolute Gasteiger partial charge is 0.461 e. The number of imidazole rings is 1. The smallest absolute Gasteiger partial charge is 0.356 e. The molecule has 2 aromatic rings. The molecule has 0 spiro atoms. The Kier molecular flexibility index (Phi) is 4.35. The van der Waals surface area contributed by atoms with Crippen LogP contribution in [-0.4, -0.2) is 22.5 Å². The number of ether oxygens (including phenoxy) is 1. The summed E-state index contributed by atoms with van der Waals surface area (Å²) in [6, 6.07) is 8.17. The molecule has 2 rings (SSSR count). The van der Waals surface area contributed by atoms with Gasteiger partial charge in [-0.1, -0.05) is 12.1 Å². The predicted octanol–water partition coefficient (Wildman–Crippen LogP) is 2.78. The van der Waals surface area contributed by atoms with E-state index in [1.165, 1.54) is 9.77 Å². The predicted molar refractivity (Wildman–Crippen MR) is 76.5 cm³/mol. The van der Waals surface area contributed by atoms with Crippen molar-refractivity contribution in [3.63, 3.8) is 0 Å². The van der Waals surface area contributed by atoms with Crippen molar-refractivity contribution < 1.29 is 9.53 Å². The minimum absolute atomic E-state index is 0.362. The summed E-state index contributed by atoms with van der Waals surface area (Å²) in [4.78, 5) is 18.6. The summed E-state index contributed by atoms with van der Waals surface area (Å²) in [5.41, 5.74) is 1.56. The van der Waals surface area contributed by atoms with Crippen LogP contribution in [0.25, 0.3) is 0 Å². The van der Waals surface area contributed by atoms with Crippen LogP contribution in [0.4, 0.5) is 0 Å². The molecule has 18 heavy (non-hydrogen) atoms. The molecule has 0 aliphatic rings. The Morgan fingerprint density at radius 2 is 2.33 bits per heavy atom. The molecule has 0 atom stereocenters. The Hall–Kier alpha value is -1.37. The lowest BCUT2D eigenvalue weighted by atomic mass is 10.1. The highest BCUT2D eigenvalue weighted by Crippen LogP contribution is 2.11. The van der Waals surface area contributed by atoms with E-state index >= 15 is 0 Å². The second-order valence-electron chi connectivity index (χ2n) is 3.77. The number of hydrogen-bond donors (Lipinski definition) is 1. The van der Waals surface area contributed by atoms with Crippen LogP contribution in [0.1, 0.15) is 28.8 Å². The van der Waals surface area contributed by atoms with E-state index in [-0.39, 0.29) is 5.97 Å². The number of nitrogens with zero attached hydrogens (tertiary/aromatic N) is 1. The lowest BCUT2D eigenvalue weighted by Gasteiger charge is -1.99. The maximum Gasteiger partial charge on any atom is 0.356 e. The lowest BCUT2D eigenvalue weighted by molar-refractivity contribution is 0.0520. The summed E-state index contributed by atoms with van der Waals surface area (Å²) >= 11 is 2.27. The van der Waals surface area contributed by atoms with Gasteiger partial charge in [0.1, 0.15) is 11.5 Å². The molecule has 0 saturated heterocycles. The molecule has 1 heterocycles. The van der Waals surface area contributed by atoms with Crippen LogP contribution in [0, 0.1) is 3.57 Å². The number of esters is 1. The van der Waals surface area contributed by atoms with Crippen molar-refractivity contribution in [1.29, 1.82) is 0 Å². The van der Waals surface area contributed by atoms with Crippen molar-refractivity contribution >= 4 is 28.6 Å². The third kappa shape index (κ3) is 3.32. The van der Waals surface area contributed by atoms with Gasteiger partial charge in [-0.2, -0.15) is 0 Å². The van der Waals surface area contributed by atoms with E-state index < -0.39 is 0 Å². The van der Waals surface area contributed by atoms with Crippen LogP contribution < -0.4 is 0 Å². The topological polar surface area (TPSA) is 55.0 Å². The summed E-state index contributed by atoms with van der Waals surface area (Å²) in [7, 11) is 0. The fraction of sp³-hybridized carbons (Fsp3) is 0.231. The van der Waals surface area contributed by atoms with Gasteiger partial charge in [0.15, 0.2) is 0 Å². The molecule has 0 amide bonds. The second kappa shape index (κ2) is 5.99. The number of aromatic amines is 1. The molecule has 0 radical (unpaired) electrons. The van der Waals surface area contributed by atoms with Gasteiger partial charge in [-0.15, -0.1) is 0 Å². The number of carbonyl (C=O) groups is 1. The maximum absolute atomic E-state index is 11.5. The first-order chi connectivity index (χ1) is 8.69. The Balaban J connectivity index is 2.09.